The van der Waals surface area contributed by atoms with E-state index in [0.717, 1.165) is 56.9 Å². The zero-order chi connectivity index (χ0) is 24.7. The summed E-state index contributed by atoms with van der Waals surface area (Å²) in [7, 11) is 0. The van der Waals surface area contributed by atoms with Gasteiger partial charge in [0, 0.05) is 0 Å². The van der Waals surface area contributed by atoms with E-state index in [9.17, 15) is 30.3 Å². The Labute approximate surface area is 201 Å². The first kappa shape index (κ1) is 24.7. The van der Waals surface area contributed by atoms with E-state index in [1.54, 1.807) is 0 Å². The average molecular weight is 481 g/mol. The van der Waals surface area contributed by atoms with Crippen molar-refractivity contribution in [3.63, 3.8) is 0 Å². The SMILES string of the molecule is C=C1C[C@@]23CC[C@H]4[C@@](C)(CCC[C@@]4(C)C(=O)O)[C@@H]2CC[C@]1(O[C@H]1O[C@@H](CO)[C@H](O)[C@@H](O)[C@@H]1O)C3. The second-order valence-electron chi connectivity index (χ2n) is 12.4. The second kappa shape index (κ2) is 7.98. The first-order valence-electron chi connectivity index (χ1n) is 12.8. The Balaban J connectivity index is 1.41. The number of aliphatic hydroxyl groups is 4. The Morgan fingerprint density at radius 2 is 1.76 bits per heavy atom. The van der Waals surface area contributed by atoms with Gasteiger partial charge in [-0.3, -0.25) is 4.79 Å². The van der Waals surface area contributed by atoms with E-state index >= 15 is 0 Å². The Morgan fingerprint density at radius 1 is 1.06 bits per heavy atom. The molecule has 5 rings (SSSR count). The molecule has 34 heavy (non-hydrogen) atoms. The van der Waals surface area contributed by atoms with Crippen molar-refractivity contribution in [3.05, 3.63) is 12.2 Å². The van der Waals surface area contributed by atoms with E-state index in [2.05, 4.69) is 13.5 Å². The first-order valence-corrected chi connectivity index (χ1v) is 12.8. The van der Waals surface area contributed by atoms with Crippen LogP contribution in [0.4, 0.5) is 0 Å². The zero-order valence-corrected chi connectivity index (χ0v) is 20.3. The predicted molar refractivity (Wildman–Crippen MR) is 122 cm³/mol. The third-order valence-electron chi connectivity index (χ3n) is 10.8. The molecule has 2 bridgehead atoms. The lowest BCUT2D eigenvalue weighted by molar-refractivity contribution is -0.327. The fourth-order valence-corrected chi connectivity index (χ4v) is 9.15. The highest BCUT2D eigenvalue weighted by atomic mass is 16.7. The standard InChI is InChI=1S/C26H40O8/c1-14-11-25-9-5-16-23(2,7-4-8-24(16,3)22(31)32)17(25)6-10-26(14,13-25)34-21-20(30)19(29)18(28)15(12-27)33-21/h15-21,27-30H,1,4-13H2,2-3H3,(H,31,32)/t15-,16-,17-,18-,19+,20-,21+,23+,24+,25+,26-/m0/s1. The summed E-state index contributed by atoms with van der Waals surface area (Å²) in [5.74, 6) is -0.149. The molecule has 8 nitrogen and oxygen atoms in total. The monoisotopic (exact) mass is 480 g/mol. The van der Waals surface area contributed by atoms with Crippen molar-refractivity contribution >= 4 is 5.97 Å². The number of aliphatic carboxylic acids is 1. The largest absolute Gasteiger partial charge is 0.481 e. The van der Waals surface area contributed by atoms with E-state index in [1.165, 1.54) is 0 Å². The van der Waals surface area contributed by atoms with Gasteiger partial charge in [-0.15, -0.1) is 0 Å². The maximum Gasteiger partial charge on any atom is 0.309 e. The Hall–Kier alpha value is -1.03. The van der Waals surface area contributed by atoms with Crippen LogP contribution in [-0.2, 0) is 14.3 Å². The number of carbonyl (C=O) groups is 1. The number of carboxylic acids is 1. The molecule has 0 unspecified atom stereocenters. The molecule has 4 saturated carbocycles. The lowest BCUT2D eigenvalue weighted by atomic mass is 9.41. The molecule has 0 radical (unpaired) electrons. The Kier molecular flexibility index (Phi) is 5.79. The van der Waals surface area contributed by atoms with Crippen molar-refractivity contribution in [2.45, 2.75) is 108 Å². The molecule has 1 heterocycles. The maximum absolute atomic E-state index is 12.3. The summed E-state index contributed by atoms with van der Waals surface area (Å²) >= 11 is 0. The van der Waals surface area contributed by atoms with Gasteiger partial charge in [-0.2, -0.15) is 0 Å². The summed E-state index contributed by atoms with van der Waals surface area (Å²) in [5.41, 5.74) is -0.496. The van der Waals surface area contributed by atoms with Crippen LogP contribution >= 0.6 is 0 Å². The first-order chi connectivity index (χ1) is 15.9. The zero-order valence-electron chi connectivity index (χ0n) is 20.3. The lowest BCUT2D eigenvalue weighted by Crippen LogP contribution is -2.62. The van der Waals surface area contributed by atoms with Gasteiger partial charge in [0.25, 0.3) is 0 Å². The average Bonchev–Trinajstić information content (AvgIpc) is 2.98. The molecule has 5 fully saturated rings. The van der Waals surface area contributed by atoms with E-state index in [-0.39, 0.29) is 16.7 Å². The van der Waals surface area contributed by atoms with Gasteiger partial charge in [-0.25, -0.2) is 0 Å². The highest BCUT2D eigenvalue weighted by molar-refractivity contribution is 5.75. The van der Waals surface area contributed by atoms with Crippen molar-refractivity contribution in [1.82, 2.24) is 0 Å². The molecule has 192 valence electrons. The predicted octanol–water partition coefficient (Wildman–Crippen LogP) is 1.98. The van der Waals surface area contributed by atoms with Crippen LogP contribution in [0.2, 0.25) is 0 Å². The maximum atomic E-state index is 12.3. The quantitative estimate of drug-likeness (QED) is 0.304. The van der Waals surface area contributed by atoms with Crippen molar-refractivity contribution in [2.24, 2.45) is 28.1 Å². The van der Waals surface area contributed by atoms with E-state index in [0.29, 0.717) is 12.3 Å². The van der Waals surface area contributed by atoms with Crippen LogP contribution in [0, 0.1) is 28.1 Å². The molecule has 5 N–H and O–H groups in total. The summed E-state index contributed by atoms with van der Waals surface area (Å²) in [6.07, 6.45) is 1.13. The van der Waals surface area contributed by atoms with Crippen LogP contribution in [0.1, 0.15) is 71.6 Å². The van der Waals surface area contributed by atoms with Gasteiger partial charge in [0.15, 0.2) is 6.29 Å². The number of ether oxygens (including phenoxy) is 2. The minimum Gasteiger partial charge on any atom is -0.481 e. The molecule has 5 aliphatic rings. The van der Waals surface area contributed by atoms with Gasteiger partial charge in [0.2, 0.25) is 0 Å². The minimum atomic E-state index is -1.47. The molecule has 4 aliphatic carbocycles. The normalized spacial score (nSPS) is 54.9. The van der Waals surface area contributed by atoms with E-state index < -0.39 is 54.3 Å². The van der Waals surface area contributed by atoms with Crippen LogP contribution in [0.3, 0.4) is 0 Å². The molecular weight excluding hydrogens is 440 g/mol. The smallest absolute Gasteiger partial charge is 0.309 e. The molecule has 0 aromatic heterocycles. The summed E-state index contributed by atoms with van der Waals surface area (Å²) in [5, 5.41) is 50.6. The molecule has 0 aromatic rings. The van der Waals surface area contributed by atoms with Gasteiger partial charge in [-0.1, -0.05) is 19.9 Å². The molecule has 11 atom stereocenters. The van der Waals surface area contributed by atoms with Gasteiger partial charge < -0.3 is 35.0 Å². The van der Waals surface area contributed by atoms with Crippen LogP contribution in [0.25, 0.3) is 0 Å². The number of hydrogen-bond acceptors (Lipinski definition) is 7. The number of fused-ring (bicyclic) bond motifs is 3. The molecule has 1 spiro atoms. The van der Waals surface area contributed by atoms with Gasteiger partial charge in [0.05, 0.1) is 17.6 Å². The fourth-order valence-electron chi connectivity index (χ4n) is 9.15. The van der Waals surface area contributed by atoms with E-state index in [4.69, 9.17) is 9.47 Å². The van der Waals surface area contributed by atoms with Crippen molar-refractivity contribution in [3.8, 4) is 0 Å². The fraction of sp³-hybridized carbons (Fsp3) is 0.885. The highest BCUT2D eigenvalue weighted by Gasteiger charge is 2.68. The number of rotatable bonds is 4. The summed E-state index contributed by atoms with van der Waals surface area (Å²) in [4.78, 5) is 12.3. The molecule has 8 heteroatoms. The van der Waals surface area contributed by atoms with Gasteiger partial charge >= 0.3 is 5.97 Å². The minimum absolute atomic E-state index is 0.0224. The summed E-state index contributed by atoms with van der Waals surface area (Å²) in [6, 6.07) is 0. The number of aliphatic hydroxyl groups excluding tert-OH is 4. The molecule has 0 amide bonds. The number of hydrogen-bond donors (Lipinski definition) is 5. The summed E-state index contributed by atoms with van der Waals surface area (Å²) in [6.45, 7) is 8.15. The number of carboxylic acid groups (broad SMARTS) is 1. The lowest BCUT2D eigenvalue weighted by Gasteiger charge is -2.64. The molecule has 1 saturated heterocycles. The van der Waals surface area contributed by atoms with Crippen molar-refractivity contribution < 1.29 is 39.8 Å². The van der Waals surface area contributed by atoms with Crippen LogP contribution in [-0.4, -0.2) is 74.4 Å². The van der Waals surface area contributed by atoms with Crippen LogP contribution in [0.15, 0.2) is 12.2 Å². The molecule has 0 aromatic carbocycles. The van der Waals surface area contributed by atoms with Gasteiger partial charge in [0.1, 0.15) is 24.4 Å². The Morgan fingerprint density at radius 3 is 2.44 bits per heavy atom. The molecule has 1 aliphatic heterocycles. The topological polar surface area (TPSA) is 137 Å². The second-order valence-corrected chi connectivity index (χ2v) is 12.4. The van der Waals surface area contributed by atoms with Crippen LogP contribution in [0.5, 0.6) is 0 Å². The summed E-state index contributed by atoms with van der Waals surface area (Å²) < 4.78 is 12.1. The highest BCUT2D eigenvalue weighted by Crippen LogP contribution is 2.73. The van der Waals surface area contributed by atoms with Crippen molar-refractivity contribution in [1.29, 1.82) is 0 Å². The molecular formula is C26H40O8. The third kappa shape index (κ3) is 3.22. The third-order valence-corrected chi connectivity index (χ3v) is 10.8. The van der Waals surface area contributed by atoms with E-state index in [1.807, 2.05) is 6.92 Å². The van der Waals surface area contributed by atoms with Crippen LogP contribution < -0.4 is 0 Å². The Bertz CT molecular complexity index is 860. The van der Waals surface area contributed by atoms with Gasteiger partial charge in [-0.05, 0) is 86.5 Å². The van der Waals surface area contributed by atoms with Crippen molar-refractivity contribution in [2.75, 3.05) is 6.61 Å².